The summed E-state index contributed by atoms with van der Waals surface area (Å²) in [6.45, 7) is 1.73. The minimum absolute atomic E-state index is 0.00722. The van der Waals surface area contributed by atoms with Gasteiger partial charge in [0.25, 0.3) is 0 Å². The van der Waals surface area contributed by atoms with Crippen LogP contribution in [-0.2, 0) is 5.75 Å². The van der Waals surface area contributed by atoms with Gasteiger partial charge in [-0.2, -0.15) is 0 Å². The molecule has 1 aliphatic heterocycles. The maximum Gasteiger partial charge on any atom is 0.221 e. The van der Waals surface area contributed by atoms with Crippen molar-refractivity contribution in [1.82, 2.24) is 4.98 Å². The Morgan fingerprint density at radius 3 is 3.17 bits per heavy atom. The van der Waals surface area contributed by atoms with Gasteiger partial charge in [-0.25, -0.2) is 0 Å². The molecule has 4 heteroatoms. The van der Waals surface area contributed by atoms with Gasteiger partial charge in [0, 0.05) is 17.5 Å². The summed E-state index contributed by atoms with van der Waals surface area (Å²) in [5.41, 5.74) is 1.88. The van der Waals surface area contributed by atoms with Crippen molar-refractivity contribution < 1.29 is 9.90 Å². The third kappa shape index (κ3) is 0.914. The van der Waals surface area contributed by atoms with Gasteiger partial charge in [-0.3, -0.25) is 9.78 Å². The number of carbonyl (C=O) groups excluding carboxylic acids is 1. The number of thioether (sulfide) groups is 1. The Kier molecular flexibility index (Phi) is 1.58. The fourth-order valence-corrected chi connectivity index (χ4v) is 2.08. The summed E-state index contributed by atoms with van der Waals surface area (Å²) in [7, 11) is 0. The van der Waals surface area contributed by atoms with E-state index in [2.05, 4.69) is 4.98 Å². The molecule has 0 aromatic carbocycles. The van der Waals surface area contributed by atoms with Crippen molar-refractivity contribution in [2.45, 2.75) is 12.7 Å². The molecule has 2 heterocycles. The normalized spacial score (nSPS) is 14.9. The van der Waals surface area contributed by atoms with E-state index in [0.29, 0.717) is 17.0 Å². The zero-order valence-electron chi connectivity index (χ0n) is 6.50. The molecule has 1 aromatic heterocycles. The SMILES string of the molecule is Cc1ncc2c(c1O)CSC2=O. The smallest absolute Gasteiger partial charge is 0.221 e. The highest BCUT2D eigenvalue weighted by Gasteiger charge is 2.24. The second-order valence-electron chi connectivity index (χ2n) is 2.66. The molecular formula is C8H7NO2S. The summed E-state index contributed by atoms with van der Waals surface area (Å²) < 4.78 is 0. The molecule has 0 aliphatic carbocycles. The minimum Gasteiger partial charge on any atom is -0.506 e. The number of aromatic nitrogens is 1. The van der Waals surface area contributed by atoms with Gasteiger partial charge in [-0.15, -0.1) is 0 Å². The molecule has 0 fully saturated rings. The average molecular weight is 181 g/mol. The van der Waals surface area contributed by atoms with E-state index in [1.54, 1.807) is 6.92 Å². The first-order chi connectivity index (χ1) is 5.70. The summed E-state index contributed by atoms with van der Waals surface area (Å²) in [6, 6.07) is 0. The number of hydrogen-bond donors (Lipinski definition) is 1. The molecule has 12 heavy (non-hydrogen) atoms. The second kappa shape index (κ2) is 2.48. The summed E-state index contributed by atoms with van der Waals surface area (Å²) in [6.07, 6.45) is 1.53. The van der Waals surface area contributed by atoms with Crippen LogP contribution in [0.15, 0.2) is 6.20 Å². The number of rotatable bonds is 0. The largest absolute Gasteiger partial charge is 0.506 e. The molecule has 3 nitrogen and oxygen atoms in total. The lowest BCUT2D eigenvalue weighted by Crippen LogP contribution is -1.93. The standard InChI is InChI=1S/C8H7NO2S/c1-4-7(10)6-3-12-8(11)5(6)2-9-4/h2,10H,3H2,1H3. The number of carbonyl (C=O) groups is 1. The van der Waals surface area contributed by atoms with Gasteiger partial charge in [0.2, 0.25) is 5.12 Å². The van der Waals surface area contributed by atoms with E-state index in [1.165, 1.54) is 18.0 Å². The van der Waals surface area contributed by atoms with E-state index in [9.17, 15) is 9.90 Å². The van der Waals surface area contributed by atoms with Crippen molar-refractivity contribution in [1.29, 1.82) is 0 Å². The van der Waals surface area contributed by atoms with Crippen molar-refractivity contribution in [2.75, 3.05) is 0 Å². The lowest BCUT2D eigenvalue weighted by atomic mass is 10.1. The van der Waals surface area contributed by atoms with Gasteiger partial charge in [0.05, 0.1) is 11.3 Å². The Bertz CT molecular complexity index is 362. The highest BCUT2D eigenvalue weighted by Crippen LogP contribution is 2.35. The number of aryl methyl sites for hydroxylation is 1. The summed E-state index contributed by atoms with van der Waals surface area (Å²) in [5.74, 6) is 0.745. The van der Waals surface area contributed by atoms with Gasteiger partial charge < -0.3 is 5.11 Å². The highest BCUT2D eigenvalue weighted by molar-refractivity contribution is 8.13. The van der Waals surface area contributed by atoms with Crippen molar-refractivity contribution in [2.24, 2.45) is 0 Å². The van der Waals surface area contributed by atoms with Crippen LogP contribution in [0, 0.1) is 6.92 Å². The van der Waals surface area contributed by atoms with Crippen LogP contribution in [0.2, 0.25) is 0 Å². The Morgan fingerprint density at radius 2 is 2.42 bits per heavy atom. The number of aromatic hydroxyl groups is 1. The van der Waals surface area contributed by atoms with E-state index >= 15 is 0 Å². The topological polar surface area (TPSA) is 50.2 Å². The van der Waals surface area contributed by atoms with Gasteiger partial charge in [0.15, 0.2) is 0 Å². The quantitative estimate of drug-likeness (QED) is 0.658. The van der Waals surface area contributed by atoms with Crippen LogP contribution >= 0.6 is 11.8 Å². The number of pyridine rings is 1. The Morgan fingerprint density at radius 1 is 1.67 bits per heavy atom. The van der Waals surface area contributed by atoms with Gasteiger partial charge in [0.1, 0.15) is 5.75 Å². The van der Waals surface area contributed by atoms with Gasteiger partial charge >= 0.3 is 0 Å². The molecule has 0 unspecified atom stereocenters. The van der Waals surface area contributed by atoms with E-state index < -0.39 is 0 Å². The van der Waals surface area contributed by atoms with E-state index in [4.69, 9.17) is 0 Å². The molecule has 62 valence electrons. The first-order valence-electron chi connectivity index (χ1n) is 3.54. The zero-order valence-corrected chi connectivity index (χ0v) is 7.31. The molecule has 0 amide bonds. The second-order valence-corrected chi connectivity index (χ2v) is 3.61. The molecule has 0 bridgehead atoms. The highest BCUT2D eigenvalue weighted by atomic mass is 32.2. The fraction of sp³-hybridized carbons (Fsp3) is 0.250. The van der Waals surface area contributed by atoms with E-state index in [1.807, 2.05) is 0 Å². The predicted molar refractivity (Wildman–Crippen MR) is 46.3 cm³/mol. The van der Waals surface area contributed by atoms with Crippen LogP contribution in [0.4, 0.5) is 0 Å². The maximum absolute atomic E-state index is 11.1. The third-order valence-electron chi connectivity index (χ3n) is 1.91. The molecule has 0 atom stereocenters. The fourth-order valence-electron chi connectivity index (χ4n) is 1.18. The van der Waals surface area contributed by atoms with E-state index in [-0.39, 0.29) is 10.9 Å². The monoisotopic (exact) mass is 181 g/mol. The van der Waals surface area contributed by atoms with Crippen LogP contribution < -0.4 is 0 Å². The lowest BCUT2D eigenvalue weighted by molar-refractivity contribution is 0.109. The predicted octanol–water partition coefficient (Wildman–Crippen LogP) is 1.48. The Balaban J connectivity index is 2.68. The number of hydrogen-bond acceptors (Lipinski definition) is 4. The van der Waals surface area contributed by atoms with Gasteiger partial charge in [-0.05, 0) is 6.92 Å². The molecule has 1 aromatic rings. The number of fused-ring (bicyclic) bond motifs is 1. The van der Waals surface area contributed by atoms with Crippen molar-refractivity contribution in [3.8, 4) is 5.75 Å². The van der Waals surface area contributed by atoms with Crippen molar-refractivity contribution in [3.63, 3.8) is 0 Å². The van der Waals surface area contributed by atoms with Crippen LogP contribution in [0.3, 0.4) is 0 Å². The molecule has 0 radical (unpaired) electrons. The third-order valence-corrected chi connectivity index (χ3v) is 2.82. The molecule has 0 saturated heterocycles. The average Bonchev–Trinajstić information content (AvgIpc) is 2.41. The molecule has 2 rings (SSSR count). The lowest BCUT2D eigenvalue weighted by Gasteiger charge is -2.01. The zero-order chi connectivity index (χ0) is 8.72. The molecule has 1 N–H and O–H groups in total. The number of nitrogens with zero attached hydrogens (tertiary/aromatic N) is 1. The minimum atomic E-state index is 0.00722. The molecule has 0 spiro atoms. The molecular weight excluding hydrogens is 174 g/mol. The van der Waals surface area contributed by atoms with Crippen LogP contribution in [0.25, 0.3) is 0 Å². The first-order valence-corrected chi connectivity index (χ1v) is 4.53. The Hall–Kier alpha value is -1.03. The van der Waals surface area contributed by atoms with E-state index in [0.717, 1.165) is 5.56 Å². The molecule has 0 saturated carbocycles. The Labute approximate surface area is 73.8 Å². The van der Waals surface area contributed by atoms with Crippen molar-refractivity contribution in [3.05, 3.63) is 23.0 Å². The van der Waals surface area contributed by atoms with Crippen molar-refractivity contribution >= 4 is 16.9 Å². The van der Waals surface area contributed by atoms with Crippen LogP contribution in [0.5, 0.6) is 5.75 Å². The van der Waals surface area contributed by atoms with Gasteiger partial charge in [-0.1, -0.05) is 11.8 Å². The van der Waals surface area contributed by atoms with Crippen LogP contribution in [-0.4, -0.2) is 15.2 Å². The maximum atomic E-state index is 11.1. The molecule has 1 aliphatic rings. The summed E-state index contributed by atoms with van der Waals surface area (Å²) in [4.78, 5) is 15.1. The van der Waals surface area contributed by atoms with Crippen LogP contribution in [0.1, 0.15) is 21.6 Å². The summed E-state index contributed by atoms with van der Waals surface area (Å²) >= 11 is 1.21. The summed E-state index contributed by atoms with van der Waals surface area (Å²) in [5, 5.41) is 9.52. The first kappa shape index (κ1) is 7.61.